The fourth-order valence-electron chi connectivity index (χ4n) is 2.02. The van der Waals surface area contributed by atoms with E-state index in [0.29, 0.717) is 13.0 Å². The molecule has 1 heterocycles. The number of hydrogen-bond acceptors (Lipinski definition) is 5. The van der Waals surface area contributed by atoms with E-state index in [4.69, 9.17) is 15.2 Å². The van der Waals surface area contributed by atoms with Crippen molar-refractivity contribution in [3.63, 3.8) is 0 Å². The van der Waals surface area contributed by atoms with Gasteiger partial charge in [0.15, 0.2) is 0 Å². The second-order valence-electron chi connectivity index (χ2n) is 4.68. The molecule has 122 valence electrons. The van der Waals surface area contributed by atoms with Crippen LogP contribution in [-0.4, -0.2) is 69.5 Å². The fraction of sp³-hybridized carbons (Fsp3) is 0.917. The first-order valence-electron chi connectivity index (χ1n) is 6.48. The lowest BCUT2D eigenvalue weighted by Gasteiger charge is -2.29. The van der Waals surface area contributed by atoms with Crippen molar-refractivity contribution >= 4 is 30.7 Å². The summed E-state index contributed by atoms with van der Waals surface area (Å²) in [5.74, 6) is -0.00643. The number of rotatable bonds is 7. The predicted octanol–water partition coefficient (Wildman–Crippen LogP) is 0.0307. The number of halogens is 2. The quantitative estimate of drug-likeness (QED) is 0.688. The summed E-state index contributed by atoms with van der Waals surface area (Å²) in [7, 11) is 1.57. The maximum absolute atomic E-state index is 11.7. The van der Waals surface area contributed by atoms with Crippen LogP contribution in [0, 0.1) is 0 Å². The normalized spacial score (nSPS) is 18.4. The molecular weight excluding hydrogens is 305 g/mol. The van der Waals surface area contributed by atoms with Crippen molar-refractivity contribution in [2.24, 2.45) is 5.73 Å². The van der Waals surface area contributed by atoms with E-state index in [-0.39, 0.29) is 42.9 Å². The predicted molar refractivity (Wildman–Crippen MR) is 83.8 cm³/mol. The highest BCUT2D eigenvalue weighted by Gasteiger charge is 2.17. The molecule has 0 aromatic rings. The Bertz CT molecular complexity index is 250. The number of carbonyl (C=O) groups excluding carboxylic acids is 1. The average Bonchev–Trinajstić information content (AvgIpc) is 2.36. The molecule has 0 bridgehead atoms. The number of amides is 1. The fourth-order valence-corrected chi connectivity index (χ4v) is 2.02. The van der Waals surface area contributed by atoms with Crippen molar-refractivity contribution in [3.8, 4) is 0 Å². The van der Waals surface area contributed by atoms with E-state index in [0.717, 1.165) is 32.8 Å². The molecule has 1 fully saturated rings. The molecule has 2 unspecified atom stereocenters. The molecule has 2 atom stereocenters. The average molecular weight is 332 g/mol. The monoisotopic (exact) mass is 331 g/mol. The van der Waals surface area contributed by atoms with Crippen LogP contribution in [0.25, 0.3) is 0 Å². The number of morpholine rings is 1. The summed E-state index contributed by atoms with van der Waals surface area (Å²) in [6.45, 7) is 6.65. The molecule has 1 aliphatic heterocycles. The van der Waals surface area contributed by atoms with Gasteiger partial charge in [-0.1, -0.05) is 0 Å². The Hall–Kier alpha value is -0.110. The van der Waals surface area contributed by atoms with E-state index < -0.39 is 0 Å². The Morgan fingerprint density at radius 1 is 1.40 bits per heavy atom. The second kappa shape index (κ2) is 12.6. The van der Waals surface area contributed by atoms with Gasteiger partial charge in [0, 0.05) is 39.3 Å². The SMILES string of the molecule is COC(CN)CC(=O)NC(C)CN1CCOCC1.Cl.Cl. The number of hydrogen-bond donors (Lipinski definition) is 2. The molecule has 1 rings (SSSR count). The summed E-state index contributed by atoms with van der Waals surface area (Å²) in [5.41, 5.74) is 5.48. The van der Waals surface area contributed by atoms with Crippen molar-refractivity contribution in [3.05, 3.63) is 0 Å². The van der Waals surface area contributed by atoms with E-state index >= 15 is 0 Å². The van der Waals surface area contributed by atoms with Crippen LogP contribution < -0.4 is 11.1 Å². The number of nitrogens with one attached hydrogen (secondary N) is 1. The lowest BCUT2D eigenvalue weighted by molar-refractivity contribution is -0.124. The van der Waals surface area contributed by atoms with Gasteiger partial charge in [-0.3, -0.25) is 9.69 Å². The highest BCUT2D eigenvalue weighted by molar-refractivity contribution is 5.85. The molecule has 1 aliphatic rings. The van der Waals surface area contributed by atoms with Crippen molar-refractivity contribution in [1.82, 2.24) is 10.2 Å². The molecule has 0 aliphatic carbocycles. The maximum atomic E-state index is 11.7. The number of ether oxygens (including phenoxy) is 2. The summed E-state index contributed by atoms with van der Waals surface area (Å²) in [6, 6.07) is 0.130. The molecule has 8 heteroatoms. The van der Waals surface area contributed by atoms with Crippen LogP contribution in [0.4, 0.5) is 0 Å². The second-order valence-corrected chi connectivity index (χ2v) is 4.68. The van der Waals surface area contributed by atoms with Gasteiger partial charge in [-0.2, -0.15) is 0 Å². The van der Waals surface area contributed by atoms with Crippen molar-refractivity contribution in [2.45, 2.75) is 25.5 Å². The van der Waals surface area contributed by atoms with Crippen LogP contribution >= 0.6 is 24.8 Å². The molecule has 6 nitrogen and oxygen atoms in total. The number of methoxy groups -OCH3 is 1. The largest absolute Gasteiger partial charge is 0.380 e. The first kappa shape index (κ1) is 22.2. The Kier molecular flexibility index (Phi) is 14.0. The summed E-state index contributed by atoms with van der Waals surface area (Å²) >= 11 is 0. The number of carbonyl (C=O) groups is 1. The minimum Gasteiger partial charge on any atom is -0.380 e. The molecule has 20 heavy (non-hydrogen) atoms. The Labute approximate surface area is 133 Å². The maximum Gasteiger partial charge on any atom is 0.222 e. The van der Waals surface area contributed by atoms with Crippen LogP contribution in [-0.2, 0) is 14.3 Å². The van der Waals surface area contributed by atoms with Gasteiger partial charge >= 0.3 is 0 Å². The first-order chi connectivity index (χ1) is 8.65. The minimum absolute atomic E-state index is 0. The summed E-state index contributed by atoms with van der Waals surface area (Å²) in [5, 5.41) is 2.97. The molecule has 0 aromatic carbocycles. The third-order valence-corrected chi connectivity index (χ3v) is 3.05. The smallest absolute Gasteiger partial charge is 0.222 e. The van der Waals surface area contributed by atoms with Gasteiger partial charge in [0.1, 0.15) is 0 Å². The van der Waals surface area contributed by atoms with Crippen LogP contribution in [0.15, 0.2) is 0 Å². The lowest BCUT2D eigenvalue weighted by Crippen LogP contribution is -2.46. The molecule has 3 N–H and O–H groups in total. The van der Waals surface area contributed by atoms with Gasteiger partial charge in [-0.25, -0.2) is 0 Å². The molecular formula is C12H27Cl2N3O3. The van der Waals surface area contributed by atoms with Crippen molar-refractivity contribution in [2.75, 3.05) is 46.5 Å². The Morgan fingerprint density at radius 3 is 2.50 bits per heavy atom. The van der Waals surface area contributed by atoms with Gasteiger partial charge in [-0.05, 0) is 6.92 Å². The third-order valence-electron chi connectivity index (χ3n) is 3.05. The Balaban J connectivity index is 0. The van der Waals surface area contributed by atoms with Gasteiger partial charge in [0.25, 0.3) is 0 Å². The van der Waals surface area contributed by atoms with E-state index in [9.17, 15) is 4.79 Å². The van der Waals surface area contributed by atoms with Gasteiger partial charge in [0.05, 0.1) is 25.7 Å². The highest BCUT2D eigenvalue weighted by Crippen LogP contribution is 2.00. The lowest BCUT2D eigenvalue weighted by atomic mass is 10.2. The summed E-state index contributed by atoms with van der Waals surface area (Å²) in [4.78, 5) is 14.0. The molecule has 0 aromatic heterocycles. The van der Waals surface area contributed by atoms with E-state index in [2.05, 4.69) is 10.2 Å². The Morgan fingerprint density at radius 2 is 2.00 bits per heavy atom. The summed E-state index contributed by atoms with van der Waals surface area (Å²) in [6.07, 6.45) is 0.126. The van der Waals surface area contributed by atoms with Crippen molar-refractivity contribution < 1.29 is 14.3 Å². The molecule has 0 spiro atoms. The van der Waals surface area contributed by atoms with Crippen molar-refractivity contribution in [1.29, 1.82) is 0 Å². The number of nitrogens with zero attached hydrogens (tertiary/aromatic N) is 1. The van der Waals surface area contributed by atoms with Crippen LogP contribution in [0.1, 0.15) is 13.3 Å². The van der Waals surface area contributed by atoms with Crippen LogP contribution in [0.2, 0.25) is 0 Å². The molecule has 0 radical (unpaired) electrons. The zero-order valence-electron chi connectivity index (χ0n) is 12.2. The molecule has 1 amide bonds. The number of nitrogens with two attached hydrogens (primary N) is 1. The molecule has 0 saturated carbocycles. The van der Waals surface area contributed by atoms with Crippen LogP contribution in [0.5, 0.6) is 0 Å². The van der Waals surface area contributed by atoms with Gasteiger partial charge in [-0.15, -0.1) is 24.8 Å². The highest BCUT2D eigenvalue weighted by atomic mass is 35.5. The van der Waals surface area contributed by atoms with E-state index in [1.807, 2.05) is 6.92 Å². The minimum atomic E-state index is -0.194. The standard InChI is InChI=1S/C12H25N3O3.2ClH/c1-10(9-15-3-5-18-6-4-15)14-12(16)7-11(8-13)17-2;;/h10-11H,3-9,13H2,1-2H3,(H,14,16);2*1H. The third kappa shape index (κ3) is 8.94. The van der Waals surface area contributed by atoms with Gasteiger partial charge < -0.3 is 20.5 Å². The first-order valence-corrected chi connectivity index (χ1v) is 6.48. The topological polar surface area (TPSA) is 76.8 Å². The zero-order valence-corrected chi connectivity index (χ0v) is 13.8. The van der Waals surface area contributed by atoms with Crippen LogP contribution in [0.3, 0.4) is 0 Å². The van der Waals surface area contributed by atoms with Gasteiger partial charge in [0.2, 0.25) is 5.91 Å². The van der Waals surface area contributed by atoms with E-state index in [1.54, 1.807) is 7.11 Å². The summed E-state index contributed by atoms with van der Waals surface area (Å²) < 4.78 is 10.4. The molecule has 1 saturated heterocycles. The van der Waals surface area contributed by atoms with E-state index in [1.165, 1.54) is 0 Å². The zero-order chi connectivity index (χ0) is 13.4.